The Morgan fingerprint density at radius 1 is 0.757 bits per heavy atom. The monoisotopic (exact) mass is 506 g/mol. The second-order valence-electron chi connectivity index (χ2n) is 8.38. The predicted molar refractivity (Wildman–Crippen MR) is 136 cm³/mol. The van der Waals surface area contributed by atoms with Crippen LogP contribution in [-0.2, 0) is 22.7 Å². The van der Waals surface area contributed by atoms with Gasteiger partial charge in [-0.25, -0.2) is 13.6 Å². The first-order valence-electron chi connectivity index (χ1n) is 11.7. The topological polar surface area (TPSA) is 102 Å². The van der Waals surface area contributed by atoms with E-state index in [-0.39, 0.29) is 35.5 Å². The van der Waals surface area contributed by atoms with Gasteiger partial charge in [-0.2, -0.15) is 0 Å². The molecule has 0 radical (unpaired) electrons. The van der Waals surface area contributed by atoms with E-state index in [1.807, 2.05) is 0 Å². The van der Waals surface area contributed by atoms with Crippen LogP contribution in [0.3, 0.4) is 0 Å². The molecule has 0 saturated heterocycles. The van der Waals surface area contributed by atoms with E-state index in [9.17, 15) is 28.0 Å². The number of hydrogen-bond donors (Lipinski definition) is 2. The highest BCUT2D eigenvalue weighted by Crippen LogP contribution is 2.14. The van der Waals surface area contributed by atoms with Crippen molar-refractivity contribution < 1.29 is 18.4 Å². The van der Waals surface area contributed by atoms with E-state index >= 15 is 0 Å². The highest BCUT2D eigenvalue weighted by atomic mass is 19.1. The highest BCUT2D eigenvalue weighted by Gasteiger charge is 2.16. The zero-order valence-electron chi connectivity index (χ0n) is 19.7. The molecule has 8 nitrogen and oxygen atoms in total. The summed E-state index contributed by atoms with van der Waals surface area (Å²) in [6, 6.07) is 17.5. The van der Waals surface area contributed by atoms with Gasteiger partial charge in [0, 0.05) is 18.7 Å². The van der Waals surface area contributed by atoms with Crippen molar-refractivity contribution in [2.75, 3.05) is 10.6 Å². The van der Waals surface area contributed by atoms with Crippen molar-refractivity contribution in [2.24, 2.45) is 0 Å². The first-order chi connectivity index (χ1) is 17.8. The number of carbonyl (C=O) groups is 2. The summed E-state index contributed by atoms with van der Waals surface area (Å²) >= 11 is 0. The molecule has 4 rings (SSSR count). The van der Waals surface area contributed by atoms with Crippen LogP contribution < -0.4 is 21.9 Å². The van der Waals surface area contributed by atoms with Crippen LogP contribution in [0.4, 0.5) is 20.2 Å². The molecule has 0 unspecified atom stereocenters. The first-order valence-corrected chi connectivity index (χ1v) is 11.7. The van der Waals surface area contributed by atoms with Crippen molar-refractivity contribution in [3.8, 4) is 0 Å². The molecule has 0 aliphatic rings. The van der Waals surface area contributed by atoms with E-state index < -0.39 is 35.3 Å². The molecule has 3 aromatic carbocycles. The van der Waals surface area contributed by atoms with Gasteiger partial charge in [0.05, 0.1) is 16.6 Å². The zero-order chi connectivity index (χ0) is 26.4. The minimum Gasteiger partial charge on any atom is -0.326 e. The van der Waals surface area contributed by atoms with Crippen molar-refractivity contribution in [1.29, 1.82) is 0 Å². The lowest BCUT2D eigenvalue weighted by Gasteiger charge is -2.14. The second kappa shape index (κ2) is 11.4. The molecule has 190 valence electrons. The Kier molecular flexibility index (Phi) is 7.87. The molecule has 2 N–H and O–H groups in total. The molecular weight excluding hydrogens is 482 g/mol. The maximum atomic E-state index is 13.9. The minimum atomic E-state index is -0.678. The number of anilines is 2. The minimum absolute atomic E-state index is 0.0166. The van der Waals surface area contributed by atoms with Crippen LogP contribution in [0.1, 0.15) is 19.3 Å². The molecule has 0 fully saturated rings. The molecule has 0 atom stereocenters. The molecule has 2 amide bonds. The molecule has 1 aromatic heterocycles. The van der Waals surface area contributed by atoms with Gasteiger partial charge >= 0.3 is 5.69 Å². The third kappa shape index (κ3) is 6.16. The van der Waals surface area contributed by atoms with Crippen molar-refractivity contribution in [1.82, 2.24) is 9.13 Å². The van der Waals surface area contributed by atoms with Gasteiger partial charge in [-0.15, -0.1) is 0 Å². The van der Waals surface area contributed by atoms with Crippen LogP contribution in [-0.4, -0.2) is 20.9 Å². The lowest BCUT2D eigenvalue weighted by Crippen LogP contribution is -2.41. The number of rotatable bonds is 9. The molecule has 0 aliphatic carbocycles. The van der Waals surface area contributed by atoms with Gasteiger partial charge in [0.1, 0.15) is 18.2 Å². The molecule has 37 heavy (non-hydrogen) atoms. The largest absolute Gasteiger partial charge is 0.331 e. The van der Waals surface area contributed by atoms with E-state index in [2.05, 4.69) is 10.6 Å². The van der Waals surface area contributed by atoms with Crippen molar-refractivity contribution in [3.63, 3.8) is 0 Å². The Morgan fingerprint density at radius 2 is 1.46 bits per heavy atom. The number of benzene rings is 3. The Morgan fingerprint density at radius 3 is 2.22 bits per heavy atom. The van der Waals surface area contributed by atoms with E-state index in [4.69, 9.17) is 0 Å². The number of aromatic nitrogens is 2. The average molecular weight is 507 g/mol. The fourth-order valence-corrected chi connectivity index (χ4v) is 3.93. The number of amides is 2. The van der Waals surface area contributed by atoms with E-state index in [1.54, 1.807) is 30.3 Å². The Hall–Kier alpha value is -4.60. The summed E-state index contributed by atoms with van der Waals surface area (Å²) in [6.45, 7) is -0.380. The first kappa shape index (κ1) is 25.5. The fraction of sp³-hybridized carbons (Fsp3) is 0.185. The van der Waals surface area contributed by atoms with Crippen LogP contribution >= 0.6 is 0 Å². The third-order valence-corrected chi connectivity index (χ3v) is 5.75. The maximum Gasteiger partial charge on any atom is 0.331 e. The van der Waals surface area contributed by atoms with Crippen LogP contribution in [0, 0.1) is 11.6 Å². The quantitative estimate of drug-likeness (QED) is 0.336. The second-order valence-corrected chi connectivity index (χ2v) is 8.38. The summed E-state index contributed by atoms with van der Waals surface area (Å²) in [5.74, 6) is -1.92. The lowest BCUT2D eigenvalue weighted by atomic mass is 10.2. The SMILES string of the molecule is O=C(CCCCn1c(=O)c2ccccc2n(CC(=O)Nc2ccccc2F)c1=O)Nc1ccc(F)cc1. The van der Waals surface area contributed by atoms with Gasteiger partial charge in [0.15, 0.2) is 0 Å². The van der Waals surface area contributed by atoms with E-state index in [0.29, 0.717) is 18.5 Å². The summed E-state index contributed by atoms with van der Waals surface area (Å²) < 4.78 is 29.2. The number of carbonyl (C=O) groups excluding carboxylic acids is 2. The normalized spacial score (nSPS) is 10.9. The number of fused-ring (bicyclic) bond motifs is 1. The van der Waals surface area contributed by atoms with Gasteiger partial charge < -0.3 is 10.6 Å². The summed E-state index contributed by atoms with van der Waals surface area (Å²) in [5, 5.41) is 5.36. The van der Waals surface area contributed by atoms with Crippen molar-refractivity contribution in [3.05, 3.63) is 105 Å². The van der Waals surface area contributed by atoms with Gasteiger partial charge in [0.25, 0.3) is 5.56 Å². The Labute approximate surface area is 210 Å². The number of hydrogen-bond acceptors (Lipinski definition) is 4. The van der Waals surface area contributed by atoms with Gasteiger partial charge in [-0.05, 0) is 61.4 Å². The molecular formula is C27H24F2N4O4. The Bertz CT molecular complexity index is 1560. The smallest absolute Gasteiger partial charge is 0.326 e. The van der Waals surface area contributed by atoms with Crippen LogP contribution in [0.2, 0.25) is 0 Å². The molecule has 0 saturated carbocycles. The van der Waals surface area contributed by atoms with Crippen molar-refractivity contribution in [2.45, 2.75) is 32.4 Å². The van der Waals surface area contributed by atoms with Crippen LogP contribution in [0.5, 0.6) is 0 Å². The number of unbranched alkanes of at least 4 members (excludes halogenated alkanes) is 1. The number of nitrogens with zero attached hydrogens (tertiary/aromatic N) is 2. The summed E-state index contributed by atoms with van der Waals surface area (Å²) in [5.41, 5.74) is -0.438. The molecule has 0 spiro atoms. The lowest BCUT2D eigenvalue weighted by molar-refractivity contribution is -0.117. The van der Waals surface area contributed by atoms with Gasteiger partial charge in [-0.1, -0.05) is 24.3 Å². The van der Waals surface area contributed by atoms with Gasteiger partial charge in [0.2, 0.25) is 11.8 Å². The average Bonchev–Trinajstić information content (AvgIpc) is 2.89. The standard InChI is InChI=1S/C27H24F2N4O4/c28-18-12-14-19(15-13-18)30-24(34)11-5-6-16-32-26(36)20-7-1-4-10-23(20)33(27(32)37)17-25(35)31-22-9-3-2-8-21(22)29/h1-4,7-10,12-15H,5-6,11,16-17H2,(H,30,34)(H,31,35). The van der Waals surface area contributed by atoms with E-state index in [1.165, 1.54) is 47.0 Å². The molecule has 4 aromatic rings. The zero-order valence-corrected chi connectivity index (χ0v) is 19.7. The van der Waals surface area contributed by atoms with E-state index in [0.717, 1.165) is 4.57 Å². The molecule has 0 bridgehead atoms. The summed E-state index contributed by atoms with van der Waals surface area (Å²) in [4.78, 5) is 51.0. The number of para-hydroxylation sites is 2. The number of nitrogens with one attached hydrogen (secondary N) is 2. The highest BCUT2D eigenvalue weighted by molar-refractivity contribution is 5.92. The van der Waals surface area contributed by atoms with Crippen LogP contribution in [0.25, 0.3) is 10.9 Å². The molecule has 0 aliphatic heterocycles. The molecule has 10 heteroatoms. The maximum absolute atomic E-state index is 13.9. The predicted octanol–water partition coefficient (Wildman–Crippen LogP) is 3.89. The molecule has 1 heterocycles. The van der Waals surface area contributed by atoms with Crippen LogP contribution in [0.15, 0.2) is 82.4 Å². The summed E-state index contributed by atoms with van der Waals surface area (Å²) in [6.07, 6.45) is 0.879. The third-order valence-electron chi connectivity index (χ3n) is 5.75. The van der Waals surface area contributed by atoms with Crippen molar-refractivity contribution >= 4 is 34.1 Å². The summed E-state index contributed by atoms with van der Waals surface area (Å²) in [7, 11) is 0. The number of halogens is 2. The van der Waals surface area contributed by atoms with Gasteiger partial charge in [-0.3, -0.25) is 23.5 Å². The fourth-order valence-electron chi connectivity index (χ4n) is 3.93. The Balaban J connectivity index is 1.47.